The highest BCUT2D eigenvalue weighted by Crippen LogP contribution is 2.10. The molecule has 20 heavy (non-hydrogen) atoms. The first kappa shape index (κ1) is 16.2. The van der Waals surface area contributed by atoms with Crippen molar-refractivity contribution in [1.82, 2.24) is 5.32 Å². The molecule has 0 radical (unpaired) electrons. The molecule has 1 amide bonds. The molecule has 0 saturated carbocycles. The van der Waals surface area contributed by atoms with Gasteiger partial charge in [-0.2, -0.15) is 0 Å². The maximum absolute atomic E-state index is 11.9. The van der Waals surface area contributed by atoms with E-state index in [2.05, 4.69) is 12.2 Å². The van der Waals surface area contributed by atoms with Crippen LogP contribution in [0, 0.1) is 5.92 Å². The Hall–Kier alpha value is -1.84. The number of carbonyl (C=O) groups excluding carboxylic acids is 1. The largest absolute Gasteiger partial charge is 0.480 e. The van der Waals surface area contributed by atoms with Crippen LogP contribution in [0.1, 0.15) is 38.7 Å². The molecule has 2 N–H and O–H groups in total. The van der Waals surface area contributed by atoms with E-state index in [1.807, 2.05) is 37.3 Å². The lowest BCUT2D eigenvalue weighted by Gasteiger charge is -2.16. The first-order valence-corrected chi connectivity index (χ1v) is 7.09. The Bertz CT molecular complexity index is 431. The summed E-state index contributed by atoms with van der Waals surface area (Å²) in [5.74, 6) is -0.897. The Morgan fingerprint density at radius 2 is 1.90 bits per heavy atom. The van der Waals surface area contributed by atoms with Gasteiger partial charge in [-0.05, 0) is 11.5 Å². The quantitative estimate of drug-likeness (QED) is 0.767. The fraction of sp³-hybridized carbons (Fsp3) is 0.500. The molecule has 0 saturated heterocycles. The van der Waals surface area contributed by atoms with E-state index in [0.29, 0.717) is 12.8 Å². The Labute approximate surface area is 120 Å². The predicted octanol–water partition coefficient (Wildman–Crippen LogP) is 2.62. The van der Waals surface area contributed by atoms with E-state index >= 15 is 0 Å². The molecule has 0 aliphatic heterocycles. The fourth-order valence-electron chi connectivity index (χ4n) is 2.21. The molecule has 1 aromatic carbocycles. The van der Waals surface area contributed by atoms with Crippen molar-refractivity contribution in [2.45, 2.75) is 45.6 Å². The zero-order valence-corrected chi connectivity index (χ0v) is 12.1. The maximum atomic E-state index is 11.9. The van der Waals surface area contributed by atoms with Crippen molar-refractivity contribution in [2.75, 3.05) is 0 Å². The Morgan fingerprint density at radius 3 is 2.45 bits per heavy atom. The normalized spacial score (nSPS) is 13.5. The monoisotopic (exact) mass is 277 g/mol. The molecule has 0 aromatic heterocycles. The van der Waals surface area contributed by atoms with E-state index in [1.165, 1.54) is 0 Å². The number of rotatable bonds is 8. The van der Waals surface area contributed by atoms with Crippen LogP contribution in [-0.4, -0.2) is 23.0 Å². The molecule has 0 bridgehead atoms. The number of benzene rings is 1. The van der Waals surface area contributed by atoms with Crippen LogP contribution in [0.3, 0.4) is 0 Å². The second kappa shape index (κ2) is 8.35. The fourth-order valence-corrected chi connectivity index (χ4v) is 2.21. The van der Waals surface area contributed by atoms with Crippen molar-refractivity contribution in [3.05, 3.63) is 35.9 Å². The summed E-state index contributed by atoms with van der Waals surface area (Å²) < 4.78 is 0. The number of carboxylic acids is 1. The molecule has 0 aliphatic rings. The van der Waals surface area contributed by atoms with Gasteiger partial charge in [0.2, 0.25) is 5.91 Å². The average Bonchev–Trinajstić information content (AvgIpc) is 2.39. The minimum absolute atomic E-state index is 0.186. The molecule has 1 rings (SSSR count). The summed E-state index contributed by atoms with van der Waals surface area (Å²) >= 11 is 0. The zero-order valence-electron chi connectivity index (χ0n) is 12.1. The van der Waals surface area contributed by atoms with Crippen molar-refractivity contribution in [1.29, 1.82) is 0 Å². The van der Waals surface area contributed by atoms with Crippen molar-refractivity contribution in [3.8, 4) is 0 Å². The first-order chi connectivity index (χ1) is 9.52. The molecule has 110 valence electrons. The van der Waals surface area contributed by atoms with Crippen molar-refractivity contribution in [2.24, 2.45) is 5.92 Å². The molecule has 4 nitrogen and oxygen atoms in total. The van der Waals surface area contributed by atoms with Gasteiger partial charge in [0, 0.05) is 12.8 Å². The van der Waals surface area contributed by atoms with Crippen LogP contribution in [0.15, 0.2) is 30.3 Å². The van der Waals surface area contributed by atoms with Crippen LogP contribution in [0.2, 0.25) is 0 Å². The number of carboxylic acid groups (broad SMARTS) is 1. The van der Waals surface area contributed by atoms with Gasteiger partial charge in [0.15, 0.2) is 0 Å². The SMILES string of the molecule is CCCC(C)CC(=O)N[C@@H](Cc1ccccc1)C(=O)O. The zero-order chi connectivity index (χ0) is 15.0. The summed E-state index contributed by atoms with van der Waals surface area (Å²) in [6.07, 6.45) is 2.70. The highest BCUT2D eigenvalue weighted by atomic mass is 16.4. The van der Waals surface area contributed by atoms with E-state index < -0.39 is 12.0 Å². The van der Waals surface area contributed by atoms with Crippen LogP contribution < -0.4 is 5.32 Å². The molecule has 0 fully saturated rings. The van der Waals surface area contributed by atoms with Gasteiger partial charge >= 0.3 is 5.97 Å². The summed E-state index contributed by atoms with van der Waals surface area (Å²) in [5.41, 5.74) is 0.904. The topological polar surface area (TPSA) is 66.4 Å². The van der Waals surface area contributed by atoms with Crippen LogP contribution in [0.4, 0.5) is 0 Å². The third kappa shape index (κ3) is 5.87. The van der Waals surface area contributed by atoms with Crippen molar-refractivity contribution >= 4 is 11.9 Å². The molecule has 2 atom stereocenters. The van der Waals surface area contributed by atoms with Crippen molar-refractivity contribution < 1.29 is 14.7 Å². The number of hydrogen-bond donors (Lipinski definition) is 2. The van der Waals surface area contributed by atoms with Gasteiger partial charge in [0.1, 0.15) is 6.04 Å². The minimum atomic E-state index is -0.995. The summed E-state index contributed by atoms with van der Waals surface area (Å²) in [5, 5.41) is 11.8. The van der Waals surface area contributed by atoms with Gasteiger partial charge in [-0.25, -0.2) is 4.79 Å². The highest BCUT2D eigenvalue weighted by Gasteiger charge is 2.21. The van der Waals surface area contributed by atoms with Gasteiger partial charge in [-0.3, -0.25) is 4.79 Å². The minimum Gasteiger partial charge on any atom is -0.480 e. The van der Waals surface area contributed by atoms with Gasteiger partial charge in [0.25, 0.3) is 0 Å². The summed E-state index contributed by atoms with van der Waals surface area (Å²) in [4.78, 5) is 23.1. The standard InChI is InChI=1S/C16H23NO3/c1-3-7-12(2)10-15(18)17-14(16(19)20)11-13-8-5-4-6-9-13/h4-6,8-9,12,14H,3,7,10-11H2,1-2H3,(H,17,18)(H,19,20)/t12?,14-/m0/s1. The predicted molar refractivity (Wildman–Crippen MR) is 78.4 cm³/mol. The lowest BCUT2D eigenvalue weighted by Crippen LogP contribution is -2.42. The number of hydrogen-bond acceptors (Lipinski definition) is 2. The molecule has 0 spiro atoms. The summed E-state index contributed by atoms with van der Waals surface area (Å²) in [6.45, 7) is 4.08. The van der Waals surface area contributed by atoms with E-state index in [1.54, 1.807) is 0 Å². The average molecular weight is 277 g/mol. The Morgan fingerprint density at radius 1 is 1.25 bits per heavy atom. The second-order valence-corrected chi connectivity index (χ2v) is 5.25. The van der Waals surface area contributed by atoms with Crippen LogP contribution in [0.5, 0.6) is 0 Å². The first-order valence-electron chi connectivity index (χ1n) is 7.09. The second-order valence-electron chi connectivity index (χ2n) is 5.25. The molecule has 1 unspecified atom stereocenters. The lowest BCUT2D eigenvalue weighted by molar-refractivity contribution is -0.141. The van der Waals surface area contributed by atoms with E-state index in [-0.39, 0.29) is 11.8 Å². The number of amides is 1. The van der Waals surface area contributed by atoms with E-state index in [4.69, 9.17) is 0 Å². The maximum Gasteiger partial charge on any atom is 0.326 e. The lowest BCUT2D eigenvalue weighted by atomic mass is 10.0. The van der Waals surface area contributed by atoms with Gasteiger partial charge in [-0.15, -0.1) is 0 Å². The van der Waals surface area contributed by atoms with Gasteiger partial charge in [-0.1, -0.05) is 57.0 Å². The molecule has 1 aromatic rings. The van der Waals surface area contributed by atoms with Gasteiger partial charge in [0.05, 0.1) is 0 Å². The molecule has 0 aliphatic carbocycles. The summed E-state index contributed by atoms with van der Waals surface area (Å²) in [7, 11) is 0. The third-order valence-corrected chi connectivity index (χ3v) is 3.23. The Kier molecular flexibility index (Phi) is 6.77. The summed E-state index contributed by atoms with van der Waals surface area (Å²) in [6, 6.07) is 8.46. The number of carbonyl (C=O) groups is 2. The molecular weight excluding hydrogens is 254 g/mol. The van der Waals surface area contributed by atoms with Crippen LogP contribution >= 0.6 is 0 Å². The third-order valence-electron chi connectivity index (χ3n) is 3.23. The smallest absolute Gasteiger partial charge is 0.326 e. The Balaban J connectivity index is 2.55. The van der Waals surface area contributed by atoms with E-state index in [9.17, 15) is 14.7 Å². The van der Waals surface area contributed by atoms with E-state index in [0.717, 1.165) is 18.4 Å². The van der Waals surface area contributed by atoms with Crippen LogP contribution in [0.25, 0.3) is 0 Å². The number of nitrogens with one attached hydrogen (secondary N) is 1. The molecular formula is C16H23NO3. The van der Waals surface area contributed by atoms with Crippen LogP contribution in [-0.2, 0) is 16.0 Å². The number of aliphatic carboxylic acids is 1. The van der Waals surface area contributed by atoms with Gasteiger partial charge < -0.3 is 10.4 Å². The molecule has 0 heterocycles. The highest BCUT2D eigenvalue weighted by molar-refractivity contribution is 5.83. The molecule has 4 heteroatoms. The van der Waals surface area contributed by atoms with Crippen molar-refractivity contribution in [3.63, 3.8) is 0 Å².